The number of carbonyl (C=O) groups excluding carboxylic acids is 1. The number of nitro benzene ring substituents is 1. The summed E-state index contributed by atoms with van der Waals surface area (Å²) in [5.74, 6) is -2.14. The van der Waals surface area contributed by atoms with Gasteiger partial charge in [-0.3, -0.25) is 19.8 Å². The molecule has 0 spiro atoms. The van der Waals surface area contributed by atoms with Crippen molar-refractivity contribution in [2.24, 2.45) is 5.92 Å². The lowest BCUT2D eigenvalue weighted by molar-refractivity contribution is -0.384. The van der Waals surface area contributed by atoms with Gasteiger partial charge in [0.05, 0.1) is 21.0 Å². The van der Waals surface area contributed by atoms with E-state index in [4.69, 9.17) is 0 Å². The second-order valence-electron chi connectivity index (χ2n) is 9.34. The van der Waals surface area contributed by atoms with Gasteiger partial charge in [0.2, 0.25) is 15.9 Å². The fourth-order valence-corrected chi connectivity index (χ4v) is 10.7. The summed E-state index contributed by atoms with van der Waals surface area (Å²) in [4.78, 5) is 37.2. The molecule has 1 saturated heterocycles. The third kappa shape index (κ3) is 6.92. The molecule has 0 radical (unpaired) electrons. The number of amides is 1. The predicted molar refractivity (Wildman–Crippen MR) is 160 cm³/mol. The molecule has 220 valence electrons. The molecular weight excluding hydrogens is 611 g/mol. The summed E-state index contributed by atoms with van der Waals surface area (Å²) in [6.45, 7) is 1.91. The molecule has 1 amide bonds. The molecular formula is C26H29N3O8S4. The average molecular weight is 640 g/mol. The predicted octanol–water partition coefficient (Wildman–Crippen LogP) is 3.95. The first kappa shape index (κ1) is 31.4. The van der Waals surface area contributed by atoms with Crippen molar-refractivity contribution in [3.63, 3.8) is 0 Å². The number of carboxylic acid groups (broad SMARTS) is 1. The Morgan fingerprint density at radius 3 is 2.49 bits per heavy atom. The Bertz CT molecular complexity index is 1440. The number of aliphatic hydroxyl groups excluding tert-OH is 1. The Labute approximate surface area is 250 Å². The summed E-state index contributed by atoms with van der Waals surface area (Å²) in [5, 5.41) is 31.7. The molecule has 2 aromatic rings. The van der Waals surface area contributed by atoms with Gasteiger partial charge in [0.15, 0.2) is 9.90 Å². The minimum atomic E-state index is -3.55. The zero-order valence-corrected chi connectivity index (χ0v) is 25.2. The number of hydrogen-bond acceptors (Lipinski definition) is 10. The lowest BCUT2D eigenvalue weighted by Gasteiger charge is -2.53. The van der Waals surface area contributed by atoms with Crippen LogP contribution in [0.25, 0.3) is 0 Å². The first-order valence-electron chi connectivity index (χ1n) is 12.7. The molecule has 0 saturated carbocycles. The van der Waals surface area contributed by atoms with E-state index in [1.165, 1.54) is 52.3 Å². The second kappa shape index (κ2) is 13.2. The van der Waals surface area contributed by atoms with Gasteiger partial charge in [-0.25, -0.2) is 17.9 Å². The SMILES string of the molecule is CC[C@H](O)[C@@H]1C(=O)N2C(C(=O)O)=C(SCCCS(=O)(=O)NCc3ccccc3)S[C@]12SCc1ccc([N+](=O)[O-])cc1. The Morgan fingerprint density at radius 2 is 1.88 bits per heavy atom. The molecule has 41 heavy (non-hydrogen) atoms. The highest BCUT2D eigenvalue weighted by molar-refractivity contribution is 8.29. The fourth-order valence-electron chi connectivity index (χ4n) is 4.45. The van der Waals surface area contributed by atoms with Crippen LogP contribution in [-0.2, 0) is 31.9 Å². The number of fused-ring (bicyclic) bond motifs is 1. The Morgan fingerprint density at radius 1 is 1.20 bits per heavy atom. The van der Waals surface area contributed by atoms with Crippen molar-refractivity contribution in [2.45, 2.75) is 42.4 Å². The molecule has 0 aromatic heterocycles. The highest BCUT2D eigenvalue weighted by atomic mass is 32.2. The normalized spacial score (nSPS) is 21.0. The number of hydrogen-bond donors (Lipinski definition) is 3. The van der Waals surface area contributed by atoms with Gasteiger partial charge in [-0.15, -0.1) is 23.5 Å². The average Bonchev–Trinajstić information content (AvgIpc) is 3.24. The number of nitrogens with zero attached hydrogens (tertiary/aromatic N) is 2. The van der Waals surface area contributed by atoms with E-state index in [0.29, 0.717) is 22.2 Å². The van der Waals surface area contributed by atoms with Gasteiger partial charge in [-0.05, 0) is 29.7 Å². The molecule has 0 bridgehead atoms. The third-order valence-corrected chi connectivity index (χ3v) is 12.6. The van der Waals surface area contributed by atoms with Crippen LogP contribution in [-0.4, -0.2) is 62.1 Å². The number of aliphatic carboxylic acids is 1. The number of nitrogens with one attached hydrogen (secondary N) is 1. The van der Waals surface area contributed by atoms with Crippen molar-refractivity contribution >= 4 is 62.9 Å². The molecule has 1 fully saturated rings. The van der Waals surface area contributed by atoms with Crippen molar-refractivity contribution in [2.75, 3.05) is 11.5 Å². The van der Waals surface area contributed by atoms with Gasteiger partial charge < -0.3 is 10.2 Å². The summed E-state index contributed by atoms with van der Waals surface area (Å²) < 4.78 is 26.8. The lowest BCUT2D eigenvalue weighted by Crippen LogP contribution is -2.68. The molecule has 0 unspecified atom stereocenters. The Hall–Kier alpha value is -2.56. The lowest BCUT2D eigenvalue weighted by atomic mass is 9.89. The molecule has 2 heterocycles. The van der Waals surface area contributed by atoms with Crippen LogP contribution in [0.1, 0.15) is 30.9 Å². The minimum Gasteiger partial charge on any atom is -0.477 e. The number of thioether (sulfide) groups is 3. The van der Waals surface area contributed by atoms with Crippen molar-refractivity contribution in [3.8, 4) is 0 Å². The summed E-state index contributed by atoms with van der Waals surface area (Å²) in [6.07, 6.45) is -0.441. The number of nitro groups is 1. The van der Waals surface area contributed by atoms with Crippen molar-refractivity contribution in [3.05, 3.63) is 85.8 Å². The van der Waals surface area contributed by atoms with E-state index in [1.807, 2.05) is 30.3 Å². The number of benzene rings is 2. The number of rotatable bonds is 15. The van der Waals surface area contributed by atoms with Gasteiger partial charge in [0.1, 0.15) is 5.92 Å². The van der Waals surface area contributed by atoms with Crippen LogP contribution in [0.5, 0.6) is 0 Å². The number of carboxylic acids is 1. The quantitative estimate of drug-likeness (QED) is 0.112. The smallest absolute Gasteiger partial charge is 0.354 e. The van der Waals surface area contributed by atoms with Gasteiger partial charge >= 0.3 is 5.97 Å². The summed E-state index contributed by atoms with van der Waals surface area (Å²) in [7, 11) is -3.55. The van der Waals surface area contributed by atoms with Crippen molar-refractivity contribution in [1.29, 1.82) is 0 Å². The maximum Gasteiger partial charge on any atom is 0.354 e. The standard InChI is InChI=1S/C26H29N3O8S4/c1-2-20(30)21-23(31)28-22(24(32)33)25(38-13-6-14-41(36,37)27-15-17-7-4-3-5-8-17)40-26(21,28)39-16-18-9-11-19(12-10-18)29(34)35/h3-5,7-12,20-21,27,30H,2,6,13-16H2,1H3,(H,32,33)/t20-,21+,26+/m0/s1. The Kier molecular flexibility index (Phi) is 10.1. The van der Waals surface area contributed by atoms with E-state index in [1.54, 1.807) is 19.1 Å². The van der Waals surface area contributed by atoms with Crippen LogP contribution in [0.3, 0.4) is 0 Å². The molecule has 0 aliphatic carbocycles. The van der Waals surface area contributed by atoms with Crippen LogP contribution >= 0.6 is 35.3 Å². The first-order valence-corrected chi connectivity index (χ1v) is 17.1. The Balaban J connectivity index is 1.44. The number of carbonyl (C=O) groups is 2. The van der Waals surface area contributed by atoms with Crippen molar-refractivity contribution in [1.82, 2.24) is 9.62 Å². The number of aliphatic hydroxyl groups is 1. The largest absolute Gasteiger partial charge is 0.477 e. The topological polar surface area (TPSA) is 167 Å². The molecule has 3 atom stereocenters. The minimum absolute atomic E-state index is 0.0577. The number of non-ortho nitro benzene ring substituents is 1. The summed E-state index contributed by atoms with van der Waals surface area (Å²) >= 11 is 3.66. The van der Waals surface area contributed by atoms with Gasteiger partial charge in [0, 0.05) is 24.4 Å². The van der Waals surface area contributed by atoms with Gasteiger partial charge in [-0.2, -0.15) is 0 Å². The molecule has 11 nitrogen and oxygen atoms in total. The van der Waals surface area contributed by atoms with E-state index in [-0.39, 0.29) is 30.1 Å². The van der Waals surface area contributed by atoms with E-state index < -0.39 is 43.0 Å². The summed E-state index contributed by atoms with van der Waals surface area (Å²) in [5.41, 5.74) is 1.34. The third-order valence-electron chi connectivity index (χ3n) is 6.58. The van der Waals surface area contributed by atoms with Gasteiger partial charge in [0.25, 0.3) is 5.69 Å². The van der Waals surface area contributed by atoms with E-state index in [9.17, 15) is 38.3 Å². The molecule has 2 aromatic carbocycles. The van der Waals surface area contributed by atoms with Crippen LogP contribution in [0, 0.1) is 16.0 Å². The van der Waals surface area contributed by atoms with Crippen LogP contribution in [0.2, 0.25) is 0 Å². The van der Waals surface area contributed by atoms with Gasteiger partial charge in [-0.1, -0.05) is 61.2 Å². The number of β-lactam (4-membered cyclic amide) rings is 1. The molecule has 15 heteroatoms. The first-order chi connectivity index (χ1) is 19.5. The van der Waals surface area contributed by atoms with Crippen LogP contribution in [0.15, 0.2) is 64.5 Å². The highest BCUT2D eigenvalue weighted by Gasteiger charge is 2.69. The highest BCUT2D eigenvalue weighted by Crippen LogP contribution is 2.66. The monoisotopic (exact) mass is 639 g/mol. The van der Waals surface area contributed by atoms with Crippen LogP contribution in [0.4, 0.5) is 5.69 Å². The number of sulfonamides is 1. The zero-order chi connectivity index (χ0) is 29.8. The van der Waals surface area contributed by atoms with E-state index >= 15 is 0 Å². The molecule has 3 N–H and O–H groups in total. The molecule has 2 aliphatic rings. The van der Waals surface area contributed by atoms with Crippen molar-refractivity contribution < 1.29 is 33.1 Å². The summed E-state index contributed by atoms with van der Waals surface area (Å²) in [6, 6.07) is 15.1. The molecule has 2 aliphatic heterocycles. The fraction of sp³-hybridized carbons (Fsp3) is 0.385. The van der Waals surface area contributed by atoms with Crippen LogP contribution < -0.4 is 4.72 Å². The van der Waals surface area contributed by atoms with E-state index in [2.05, 4.69) is 4.72 Å². The second-order valence-corrected chi connectivity index (χ2v) is 15.3. The maximum absolute atomic E-state index is 13.2. The maximum atomic E-state index is 13.2. The zero-order valence-electron chi connectivity index (χ0n) is 22.0. The molecule has 4 rings (SSSR count). The van der Waals surface area contributed by atoms with E-state index in [0.717, 1.165) is 11.1 Å².